The summed E-state index contributed by atoms with van der Waals surface area (Å²) in [7, 11) is 0. The van der Waals surface area contributed by atoms with Crippen molar-refractivity contribution in [3.05, 3.63) is 0 Å². The molecule has 14 heavy (non-hydrogen) atoms. The maximum atomic E-state index is 11.1. The highest BCUT2D eigenvalue weighted by molar-refractivity contribution is 5.84. The van der Waals surface area contributed by atoms with Gasteiger partial charge in [0.1, 0.15) is 6.04 Å². The molecule has 5 N–H and O–H groups in total. The van der Waals surface area contributed by atoms with Crippen LogP contribution in [0.5, 0.6) is 0 Å². The summed E-state index contributed by atoms with van der Waals surface area (Å²) in [5.74, 6) is -1.48. The van der Waals surface area contributed by atoms with Gasteiger partial charge in [-0.25, -0.2) is 0 Å². The summed E-state index contributed by atoms with van der Waals surface area (Å²) in [5, 5.41) is 16.7. The Labute approximate surface area is 81.5 Å². The summed E-state index contributed by atoms with van der Waals surface area (Å²) >= 11 is 0. The summed E-state index contributed by atoms with van der Waals surface area (Å²) in [5.41, 5.74) is 10.5. The standard InChI is InChI=1S/C8H13N3O3/c9-4-3-5(10)7(12)2-1-6(11)8(13)14/h5-6H,1-3,10-11H2,(H,13,14)/t5?,6-/m0/s1. The van der Waals surface area contributed by atoms with Crippen LogP contribution in [0.3, 0.4) is 0 Å². The molecule has 0 amide bonds. The number of aliphatic carboxylic acids is 1. The number of carboxylic acids is 1. The molecule has 0 bridgehead atoms. The lowest BCUT2D eigenvalue weighted by Crippen LogP contribution is -2.34. The molecule has 0 rings (SSSR count). The molecule has 0 aromatic heterocycles. The number of ketones is 1. The van der Waals surface area contributed by atoms with E-state index >= 15 is 0 Å². The summed E-state index contributed by atoms with van der Waals surface area (Å²) < 4.78 is 0. The second-order valence-electron chi connectivity index (χ2n) is 2.92. The number of carbonyl (C=O) groups excluding carboxylic acids is 1. The third-order valence-electron chi connectivity index (χ3n) is 1.74. The van der Waals surface area contributed by atoms with Crippen LogP contribution in [0.2, 0.25) is 0 Å². The second-order valence-corrected chi connectivity index (χ2v) is 2.92. The van der Waals surface area contributed by atoms with Gasteiger partial charge in [0.2, 0.25) is 0 Å². The maximum Gasteiger partial charge on any atom is 0.320 e. The number of carboxylic acid groups (broad SMARTS) is 1. The Morgan fingerprint density at radius 1 is 1.36 bits per heavy atom. The van der Waals surface area contributed by atoms with Crippen LogP contribution >= 0.6 is 0 Å². The summed E-state index contributed by atoms with van der Waals surface area (Å²) in [6.07, 6.45) is -0.00918. The average Bonchev–Trinajstić information content (AvgIpc) is 2.13. The molecule has 0 saturated carbocycles. The third-order valence-corrected chi connectivity index (χ3v) is 1.74. The number of hydrogen-bond acceptors (Lipinski definition) is 5. The molecule has 6 nitrogen and oxygen atoms in total. The summed E-state index contributed by atoms with van der Waals surface area (Å²) in [6.45, 7) is 0. The van der Waals surface area contributed by atoms with E-state index in [0.29, 0.717) is 0 Å². The zero-order chi connectivity index (χ0) is 11.1. The number of Topliss-reactive ketones (excluding diaryl/α,β-unsaturated/α-hetero) is 1. The average molecular weight is 199 g/mol. The van der Waals surface area contributed by atoms with Gasteiger partial charge in [-0.05, 0) is 6.42 Å². The van der Waals surface area contributed by atoms with Gasteiger partial charge >= 0.3 is 5.97 Å². The molecule has 6 heteroatoms. The molecule has 0 aliphatic carbocycles. The van der Waals surface area contributed by atoms with Crippen LogP contribution in [0.25, 0.3) is 0 Å². The smallest absolute Gasteiger partial charge is 0.320 e. The van der Waals surface area contributed by atoms with E-state index in [2.05, 4.69) is 0 Å². The van der Waals surface area contributed by atoms with Crippen molar-refractivity contribution in [3.63, 3.8) is 0 Å². The largest absolute Gasteiger partial charge is 0.480 e. The van der Waals surface area contributed by atoms with E-state index in [-0.39, 0.29) is 25.0 Å². The fourth-order valence-corrected chi connectivity index (χ4v) is 0.819. The van der Waals surface area contributed by atoms with Crippen molar-refractivity contribution < 1.29 is 14.7 Å². The predicted molar refractivity (Wildman–Crippen MR) is 48.1 cm³/mol. The predicted octanol–water partition coefficient (Wildman–Crippen LogP) is -1.01. The Hall–Kier alpha value is -1.45. The van der Waals surface area contributed by atoms with E-state index in [9.17, 15) is 9.59 Å². The lowest BCUT2D eigenvalue weighted by atomic mass is 10.0. The minimum atomic E-state index is -1.15. The highest BCUT2D eigenvalue weighted by atomic mass is 16.4. The quantitative estimate of drug-likeness (QED) is 0.502. The maximum absolute atomic E-state index is 11.1. The minimum absolute atomic E-state index is 0.00366. The Bertz CT molecular complexity index is 259. The third kappa shape index (κ3) is 4.54. The summed E-state index contributed by atoms with van der Waals surface area (Å²) in [6, 6.07) is -0.115. The lowest BCUT2D eigenvalue weighted by Gasteiger charge is -2.08. The second kappa shape index (κ2) is 6.07. The van der Waals surface area contributed by atoms with Crippen molar-refractivity contribution in [3.8, 4) is 6.07 Å². The van der Waals surface area contributed by atoms with Crippen LogP contribution in [0.1, 0.15) is 19.3 Å². The first kappa shape index (κ1) is 12.6. The van der Waals surface area contributed by atoms with E-state index in [4.69, 9.17) is 21.8 Å². The van der Waals surface area contributed by atoms with Crippen molar-refractivity contribution >= 4 is 11.8 Å². The molecule has 0 aliphatic rings. The Kier molecular flexibility index (Phi) is 5.44. The fourth-order valence-electron chi connectivity index (χ4n) is 0.819. The molecule has 0 saturated heterocycles. The van der Waals surface area contributed by atoms with E-state index < -0.39 is 18.1 Å². The van der Waals surface area contributed by atoms with Crippen LogP contribution in [-0.2, 0) is 9.59 Å². The van der Waals surface area contributed by atoms with Crippen molar-refractivity contribution in [2.45, 2.75) is 31.3 Å². The molecule has 0 heterocycles. The molecule has 0 aromatic carbocycles. The molecular weight excluding hydrogens is 186 g/mol. The number of nitrogens with two attached hydrogens (primary N) is 2. The van der Waals surface area contributed by atoms with Crippen LogP contribution in [0, 0.1) is 11.3 Å². The monoisotopic (exact) mass is 199 g/mol. The van der Waals surface area contributed by atoms with Crippen LogP contribution in [0.4, 0.5) is 0 Å². The molecular formula is C8H13N3O3. The number of nitrogens with zero attached hydrogens (tertiary/aromatic N) is 1. The van der Waals surface area contributed by atoms with Gasteiger partial charge in [0.15, 0.2) is 5.78 Å². The normalized spacial score (nSPS) is 14.1. The molecule has 2 atom stereocenters. The van der Waals surface area contributed by atoms with Gasteiger partial charge in [0.25, 0.3) is 0 Å². The van der Waals surface area contributed by atoms with Crippen molar-refractivity contribution in [2.24, 2.45) is 11.5 Å². The Morgan fingerprint density at radius 3 is 2.36 bits per heavy atom. The van der Waals surface area contributed by atoms with Crippen molar-refractivity contribution in [1.29, 1.82) is 5.26 Å². The van der Waals surface area contributed by atoms with Gasteiger partial charge in [-0.2, -0.15) is 5.26 Å². The van der Waals surface area contributed by atoms with Gasteiger partial charge in [-0.1, -0.05) is 0 Å². The number of rotatable bonds is 6. The fraction of sp³-hybridized carbons (Fsp3) is 0.625. The zero-order valence-corrected chi connectivity index (χ0v) is 7.64. The topological polar surface area (TPSA) is 130 Å². The summed E-state index contributed by atoms with van der Waals surface area (Å²) in [4.78, 5) is 21.4. The van der Waals surface area contributed by atoms with Crippen molar-refractivity contribution in [1.82, 2.24) is 0 Å². The van der Waals surface area contributed by atoms with Crippen LogP contribution in [-0.4, -0.2) is 28.9 Å². The molecule has 78 valence electrons. The number of nitriles is 1. The zero-order valence-electron chi connectivity index (χ0n) is 7.64. The highest BCUT2D eigenvalue weighted by Gasteiger charge is 2.17. The van der Waals surface area contributed by atoms with Crippen LogP contribution < -0.4 is 11.5 Å². The van der Waals surface area contributed by atoms with Crippen LogP contribution in [0.15, 0.2) is 0 Å². The molecule has 0 aromatic rings. The number of hydrogen-bond donors (Lipinski definition) is 3. The van der Waals surface area contributed by atoms with Gasteiger partial charge < -0.3 is 16.6 Å². The van der Waals surface area contributed by atoms with Crippen molar-refractivity contribution in [2.75, 3.05) is 0 Å². The molecule has 0 aliphatic heterocycles. The lowest BCUT2D eigenvalue weighted by molar-refractivity contribution is -0.138. The molecule has 1 unspecified atom stereocenters. The highest BCUT2D eigenvalue weighted by Crippen LogP contribution is 2.00. The van der Waals surface area contributed by atoms with Gasteiger partial charge in [0.05, 0.1) is 18.5 Å². The molecule has 0 spiro atoms. The van der Waals surface area contributed by atoms with Gasteiger partial charge in [-0.3, -0.25) is 9.59 Å². The molecule has 0 radical (unpaired) electrons. The number of carbonyl (C=O) groups is 2. The Balaban J connectivity index is 3.85. The first-order chi connectivity index (χ1) is 6.49. The SMILES string of the molecule is N#CCC(N)C(=O)CC[C@H](N)C(=O)O. The van der Waals surface area contributed by atoms with Gasteiger partial charge in [0, 0.05) is 6.42 Å². The van der Waals surface area contributed by atoms with E-state index in [1.165, 1.54) is 0 Å². The van der Waals surface area contributed by atoms with E-state index in [1.54, 1.807) is 6.07 Å². The first-order valence-electron chi connectivity index (χ1n) is 4.12. The Morgan fingerprint density at radius 2 is 1.93 bits per heavy atom. The van der Waals surface area contributed by atoms with E-state index in [1.807, 2.05) is 0 Å². The minimum Gasteiger partial charge on any atom is -0.480 e. The molecule has 0 fully saturated rings. The van der Waals surface area contributed by atoms with Gasteiger partial charge in [-0.15, -0.1) is 0 Å². The first-order valence-corrected chi connectivity index (χ1v) is 4.12. The van der Waals surface area contributed by atoms with E-state index in [0.717, 1.165) is 0 Å².